The molecule has 0 aromatic carbocycles. The van der Waals surface area contributed by atoms with Gasteiger partial charge in [0.05, 0.1) is 0 Å². The fourth-order valence-electron chi connectivity index (χ4n) is 1.63. The van der Waals surface area contributed by atoms with Crippen LogP contribution < -0.4 is 0 Å². The van der Waals surface area contributed by atoms with Crippen LogP contribution in [0.4, 0.5) is 0 Å². The molecule has 6 heteroatoms. The summed E-state index contributed by atoms with van der Waals surface area (Å²) in [5.41, 5.74) is -0.309. The predicted molar refractivity (Wildman–Crippen MR) is 84.4 cm³/mol. The summed E-state index contributed by atoms with van der Waals surface area (Å²) in [6.07, 6.45) is 3.43. The average molecular weight is 308 g/mol. The highest BCUT2D eigenvalue weighted by Gasteiger charge is 2.25. The minimum absolute atomic E-state index is 0.310. The molecular formula is C14H20N2O2SSi. The zero-order chi connectivity index (χ0) is 15.4. The maximum Gasteiger partial charge on any atom is 0.254 e. The van der Waals surface area contributed by atoms with Gasteiger partial charge in [0.2, 0.25) is 0 Å². The van der Waals surface area contributed by atoms with Crippen LogP contribution in [0.1, 0.15) is 24.3 Å². The number of Topliss-reactive ketones (excluding diaryl/α,β-unsaturated/α-hetero) is 1. The van der Waals surface area contributed by atoms with Gasteiger partial charge in [-0.15, -0.1) is 0 Å². The van der Waals surface area contributed by atoms with Crippen LogP contribution in [0.25, 0.3) is 0 Å². The van der Waals surface area contributed by atoms with Crippen molar-refractivity contribution in [3.8, 4) is 11.8 Å². The van der Waals surface area contributed by atoms with Gasteiger partial charge in [0.1, 0.15) is 11.3 Å². The van der Waals surface area contributed by atoms with Gasteiger partial charge < -0.3 is 4.43 Å². The number of ketones is 1. The summed E-state index contributed by atoms with van der Waals surface area (Å²) in [6.45, 7) is 10.0. The first kappa shape index (κ1) is 16.9. The van der Waals surface area contributed by atoms with Crippen molar-refractivity contribution in [2.45, 2.75) is 44.2 Å². The second-order valence-electron chi connectivity index (χ2n) is 5.73. The van der Waals surface area contributed by atoms with Crippen molar-refractivity contribution in [3.63, 3.8) is 0 Å². The Morgan fingerprint density at radius 1 is 1.40 bits per heavy atom. The Morgan fingerprint density at radius 2 is 2.05 bits per heavy atom. The second kappa shape index (κ2) is 6.53. The van der Waals surface area contributed by atoms with Crippen molar-refractivity contribution in [2.24, 2.45) is 0 Å². The monoisotopic (exact) mass is 308 g/mol. The Kier molecular flexibility index (Phi) is 5.51. The van der Waals surface area contributed by atoms with Crippen molar-refractivity contribution in [1.29, 1.82) is 0 Å². The van der Waals surface area contributed by atoms with E-state index in [1.165, 1.54) is 11.8 Å². The maximum absolute atomic E-state index is 12.0. The Morgan fingerprint density at radius 3 is 2.60 bits per heavy atom. The van der Waals surface area contributed by atoms with Crippen LogP contribution in [-0.4, -0.2) is 35.9 Å². The van der Waals surface area contributed by atoms with E-state index in [4.69, 9.17) is 4.43 Å². The molecule has 108 valence electrons. The van der Waals surface area contributed by atoms with Crippen molar-refractivity contribution in [2.75, 3.05) is 6.26 Å². The van der Waals surface area contributed by atoms with Crippen molar-refractivity contribution >= 4 is 25.9 Å². The van der Waals surface area contributed by atoms with E-state index in [2.05, 4.69) is 41.4 Å². The summed E-state index contributed by atoms with van der Waals surface area (Å²) in [4.78, 5) is 20.2. The van der Waals surface area contributed by atoms with Crippen LogP contribution in [0.5, 0.6) is 0 Å². The molecule has 0 aliphatic rings. The summed E-state index contributed by atoms with van der Waals surface area (Å²) >= 11 is 1.39. The summed E-state index contributed by atoms with van der Waals surface area (Å²) in [6, 6.07) is 1.57. The Bertz CT molecular complexity index is 556. The van der Waals surface area contributed by atoms with E-state index in [-0.39, 0.29) is 5.78 Å². The molecule has 0 bridgehead atoms. The molecule has 0 spiro atoms. The first-order valence-corrected chi connectivity index (χ1v) is 10.9. The Balaban J connectivity index is 2.88. The number of thioether (sulfide) groups is 1. The highest BCUT2D eigenvalue weighted by molar-refractivity contribution is 7.98. The quantitative estimate of drug-likeness (QED) is 0.214. The second-order valence-corrected chi connectivity index (χ2v) is 10.9. The Labute approximate surface area is 125 Å². The molecule has 0 saturated carbocycles. The molecule has 0 saturated heterocycles. The van der Waals surface area contributed by atoms with E-state index in [0.29, 0.717) is 10.9 Å². The van der Waals surface area contributed by atoms with Gasteiger partial charge in [-0.25, -0.2) is 9.97 Å². The lowest BCUT2D eigenvalue weighted by molar-refractivity contribution is 0.104. The summed E-state index contributed by atoms with van der Waals surface area (Å²) in [5, 5.41) is 0.565. The van der Waals surface area contributed by atoms with E-state index in [9.17, 15) is 4.79 Å². The number of carbonyl (C=O) groups is 1. The third kappa shape index (κ3) is 5.86. The minimum atomic E-state index is -1.70. The largest absolute Gasteiger partial charge is 0.402 e. The molecule has 1 heterocycles. The van der Waals surface area contributed by atoms with E-state index >= 15 is 0 Å². The van der Waals surface area contributed by atoms with Gasteiger partial charge in [0.15, 0.2) is 13.5 Å². The molecule has 0 aliphatic carbocycles. The van der Waals surface area contributed by atoms with Crippen LogP contribution in [0.2, 0.25) is 19.6 Å². The lowest BCUT2D eigenvalue weighted by Gasteiger charge is -2.28. The first-order chi connectivity index (χ1) is 9.13. The minimum Gasteiger partial charge on any atom is -0.402 e. The molecule has 20 heavy (non-hydrogen) atoms. The number of rotatable bonds is 4. The van der Waals surface area contributed by atoms with Gasteiger partial charge in [0.25, 0.3) is 5.78 Å². The molecule has 4 nitrogen and oxygen atoms in total. The third-order valence-corrected chi connectivity index (χ3v) is 3.77. The normalized spacial score (nSPS) is 11.7. The fourth-order valence-corrected chi connectivity index (χ4v) is 3.57. The molecule has 0 aliphatic heterocycles. The van der Waals surface area contributed by atoms with Crippen LogP contribution >= 0.6 is 11.8 Å². The van der Waals surface area contributed by atoms with Gasteiger partial charge in [-0.05, 0) is 51.7 Å². The van der Waals surface area contributed by atoms with Crippen molar-refractivity contribution in [1.82, 2.24) is 9.97 Å². The zero-order valence-electron chi connectivity index (χ0n) is 12.8. The highest BCUT2D eigenvalue weighted by atomic mass is 32.2. The topological polar surface area (TPSA) is 52.1 Å². The van der Waals surface area contributed by atoms with Crippen LogP contribution in [-0.2, 0) is 4.43 Å². The molecule has 1 aromatic rings. The molecule has 0 N–H and O–H groups in total. The smallest absolute Gasteiger partial charge is 0.254 e. The number of carbonyl (C=O) groups excluding carboxylic acids is 1. The van der Waals surface area contributed by atoms with E-state index in [0.717, 1.165) is 0 Å². The van der Waals surface area contributed by atoms with Gasteiger partial charge in [-0.2, -0.15) is 0 Å². The van der Waals surface area contributed by atoms with E-state index < -0.39 is 13.9 Å². The van der Waals surface area contributed by atoms with Crippen LogP contribution in [0, 0.1) is 11.8 Å². The summed E-state index contributed by atoms with van der Waals surface area (Å²) < 4.78 is 5.93. The summed E-state index contributed by atoms with van der Waals surface area (Å²) in [7, 11) is -1.70. The van der Waals surface area contributed by atoms with E-state index in [1.54, 1.807) is 12.3 Å². The molecule has 0 radical (unpaired) electrons. The maximum atomic E-state index is 12.0. The lowest BCUT2D eigenvalue weighted by atomic mass is 10.1. The number of nitrogens with zero attached hydrogens (tertiary/aromatic N) is 2. The van der Waals surface area contributed by atoms with Crippen LogP contribution in [0.15, 0.2) is 17.4 Å². The lowest BCUT2D eigenvalue weighted by Crippen LogP contribution is -2.37. The van der Waals surface area contributed by atoms with Crippen LogP contribution in [0.3, 0.4) is 0 Å². The first-order valence-electron chi connectivity index (χ1n) is 6.28. The Hall–Kier alpha value is -1.16. The predicted octanol–water partition coefficient (Wildman–Crippen LogP) is 3.01. The van der Waals surface area contributed by atoms with Gasteiger partial charge in [-0.1, -0.05) is 17.7 Å². The van der Waals surface area contributed by atoms with Gasteiger partial charge in [0, 0.05) is 6.20 Å². The molecule has 0 fully saturated rings. The molecule has 1 rings (SSSR count). The SMILES string of the molecule is CSc1nccc(C(=O)C#CC(C)(C)O[Si](C)(C)C)n1. The van der Waals surface area contributed by atoms with Crippen molar-refractivity contribution < 1.29 is 9.22 Å². The van der Waals surface area contributed by atoms with Crippen molar-refractivity contribution in [3.05, 3.63) is 18.0 Å². The zero-order valence-corrected chi connectivity index (χ0v) is 14.6. The molecule has 1 aromatic heterocycles. The molecule has 0 atom stereocenters. The van der Waals surface area contributed by atoms with E-state index in [1.807, 2.05) is 20.1 Å². The number of aromatic nitrogens is 2. The number of hydrogen-bond donors (Lipinski definition) is 0. The van der Waals surface area contributed by atoms with Gasteiger partial charge in [-0.3, -0.25) is 4.79 Å². The molecular weight excluding hydrogens is 288 g/mol. The fraction of sp³-hybridized carbons (Fsp3) is 0.500. The average Bonchev–Trinajstić information content (AvgIpc) is 2.33. The van der Waals surface area contributed by atoms with Gasteiger partial charge >= 0.3 is 0 Å². The molecule has 0 unspecified atom stereocenters. The molecule has 0 amide bonds. The summed E-state index contributed by atoms with van der Waals surface area (Å²) in [5.74, 6) is 5.21. The highest BCUT2D eigenvalue weighted by Crippen LogP contribution is 2.16. The third-order valence-electron chi connectivity index (χ3n) is 2.09. The number of hydrogen-bond acceptors (Lipinski definition) is 5. The standard InChI is InChI=1S/C14H20N2O2SSi/c1-14(2,18-20(4,5)6)9-7-12(17)11-8-10-15-13(16-11)19-3/h8,10H,1-6H3.